The molecule has 1 unspecified atom stereocenters. The third-order valence-electron chi connectivity index (χ3n) is 3.77. The number of rotatable bonds is 6. The fourth-order valence-electron chi connectivity index (χ4n) is 2.58. The average molecular weight is 250 g/mol. The molecule has 0 bridgehead atoms. The van der Waals surface area contributed by atoms with Gasteiger partial charge in [0, 0.05) is 10.9 Å². The Labute approximate surface area is 108 Å². The first-order valence-electron chi connectivity index (χ1n) is 7.11. The molecule has 0 amide bonds. The smallest absolute Gasteiger partial charge is 0.110 e. The van der Waals surface area contributed by atoms with E-state index in [2.05, 4.69) is 12.2 Å². The lowest BCUT2D eigenvalue weighted by atomic mass is 10.1. The SMILES string of the molecule is CCCCC(NC1CC1)c1nc2c(s1)CCC2. The van der Waals surface area contributed by atoms with Gasteiger partial charge in [-0.3, -0.25) is 0 Å². The van der Waals surface area contributed by atoms with Crippen molar-refractivity contribution in [1.29, 1.82) is 0 Å². The minimum Gasteiger partial charge on any atom is -0.305 e. The summed E-state index contributed by atoms with van der Waals surface area (Å²) in [4.78, 5) is 6.45. The van der Waals surface area contributed by atoms with Crippen LogP contribution >= 0.6 is 11.3 Å². The van der Waals surface area contributed by atoms with E-state index in [9.17, 15) is 0 Å². The number of unbranched alkanes of at least 4 members (excludes halogenated alkanes) is 1. The van der Waals surface area contributed by atoms with E-state index in [1.807, 2.05) is 11.3 Å². The van der Waals surface area contributed by atoms with Crippen molar-refractivity contribution in [3.05, 3.63) is 15.6 Å². The second kappa shape index (κ2) is 5.07. The van der Waals surface area contributed by atoms with Crippen molar-refractivity contribution in [2.75, 3.05) is 0 Å². The van der Waals surface area contributed by atoms with E-state index in [1.165, 1.54) is 62.1 Å². The number of fused-ring (bicyclic) bond motifs is 1. The molecule has 1 saturated carbocycles. The summed E-state index contributed by atoms with van der Waals surface area (Å²) < 4.78 is 0. The van der Waals surface area contributed by atoms with Gasteiger partial charge in [0.2, 0.25) is 0 Å². The zero-order chi connectivity index (χ0) is 11.7. The number of aromatic nitrogens is 1. The number of aryl methyl sites for hydroxylation is 2. The molecule has 3 heteroatoms. The summed E-state index contributed by atoms with van der Waals surface area (Å²) in [6.07, 6.45) is 10.4. The van der Waals surface area contributed by atoms with Crippen molar-refractivity contribution >= 4 is 11.3 Å². The van der Waals surface area contributed by atoms with Gasteiger partial charge in [-0.05, 0) is 38.5 Å². The highest BCUT2D eigenvalue weighted by atomic mass is 32.1. The Bertz CT molecular complexity index is 360. The zero-order valence-corrected chi connectivity index (χ0v) is 11.5. The molecule has 1 heterocycles. The maximum atomic E-state index is 4.88. The van der Waals surface area contributed by atoms with Gasteiger partial charge in [0.25, 0.3) is 0 Å². The molecule has 0 aliphatic heterocycles. The first-order chi connectivity index (χ1) is 8.36. The highest BCUT2D eigenvalue weighted by Gasteiger charge is 2.28. The maximum absolute atomic E-state index is 4.88. The summed E-state index contributed by atoms with van der Waals surface area (Å²) in [5.41, 5.74) is 1.41. The van der Waals surface area contributed by atoms with Crippen molar-refractivity contribution in [1.82, 2.24) is 10.3 Å². The van der Waals surface area contributed by atoms with Crippen molar-refractivity contribution in [3.8, 4) is 0 Å². The molecular formula is C14H22N2S. The van der Waals surface area contributed by atoms with Crippen molar-refractivity contribution in [2.24, 2.45) is 0 Å². The van der Waals surface area contributed by atoms with Crippen LogP contribution in [0.1, 0.15) is 67.1 Å². The van der Waals surface area contributed by atoms with Crippen LogP contribution in [0.25, 0.3) is 0 Å². The maximum Gasteiger partial charge on any atom is 0.110 e. The fourth-order valence-corrected chi connectivity index (χ4v) is 3.83. The van der Waals surface area contributed by atoms with Crippen LogP contribution in [0.5, 0.6) is 0 Å². The predicted molar refractivity (Wildman–Crippen MR) is 72.6 cm³/mol. The third kappa shape index (κ3) is 2.71. The first kappa shape index (κ1) is 11.7. The molecule has 1 aromatic heterocycles. The van der Waals surface area contributed by atoms with Crippen LogP contribution in [0, 0.1) is 0 Å². The Morgan fingerprint density at radius 2 is 2.29 bits per heavy atom. The molecule has 0 radical (unpaired) electrons. The monoisotopic (exact) mass is 250 g/mol. The van der Waals surface area contributed by atoms with Crippen LogP contribution in [0.4, 0.5) is 0 Å². The van der Waals surface area contributed by atoms with Gasteiger partial charge < -0.3 is 5.32 Å². The normalized spacial score (nSPS) is 20.5. The lowest BCUT2D eigenvalue weighted by Crippen LogP contribution is -2.23. The van der Waals surface area contributed by atoms with E-state index in [0.29, 0.717) is 6.04 Å². The largest absolute Gasteiger partial charge is 0.305 e. The third-order valence-corrected chi connectivity index (χ3v) is 5.04. The second-order valence-corrected chi connectivity index (χ2v) is 6.53. The topological polar surface area (TPSA) is 24.9 Å². The first-order valence-corrected chi connectivity index (χ1v) is 7.93. The summed E-state index contributed by atoms with van der Waals surface area (Å²) >= 11 is 1.98. The molecule has 1 aromatic rings. The Morgan fingerprint density at radius 3 is 3.00 bits per heavy atom. The van der Waals surface area contributed by atoms with Gasteiger partial charge in [0.05, 0.1) is 11.7 Å². The van der Waals surface area contributed by atoms with Gasteiger partial charge in [-0.2, -0.15) is 0 Å². The summed E-state index contributed by atoms with van der Waals surface area (Å²) in [6, 6.07) is 1.33. The molecule has 94 valence electrons. The second-order valence-electron chi connectivity index (χ2n) is 5.41. The zero-order valence-electron chi connectivity index (χ0n) is 10.7. The number of hydrogen-bond donors (Lipinski definition) is 1. The molecule has 1 fully saturated rings. The number of nitrogens with one attached hydrogen (secondary N) is 1. The minimum atomic E-state index is 0.540. The van der Waals surface area contributed by atoms with Crippen molar-refractivity contribution in [2.45, 2.75) is 70.4 Å². The van der Waals surface area contributed by atoms with E-state index >= 15 is 0 Å². The molecule has 0 aromatic carbocycles. The Hall–Kier alpha value is -0.410. The van der Waals surface area contributed by atoms with Crippen LogP contribution in [-0.2, 0) is 12.8 Å². The standard InChI is InChI=1S/C14H22N2S/c1-2-3-5-12(15-10-8-9-10)14-16-11-6-4-7-13(11)17-14/h10,12,15H,2-9H2,1H3. The number of thiazole rings is 1. The predicted octanol–water partition coefficient (Wildman–Crippen LogP) is 3.62. The summed E-state index contributed by atoms with van der Waals surface area (Å²) in [5.74, 6) is 0. The van der Waals surface area contributed by atoms with E-state index in [-0.39, 0.29) is 0 Å². The molecule has 2 aliphatic rings. The van der Waals surface area contributed by atoms with E-state index < -0.39 is 0 Å². The van der Waals surface area contributed by atoms with Gasteiger partial charge in [0.15, 0.2) is 0 Å². The highest BCUT2D eigenvalue weighted by Crippen LogP contribution is 2.34. The molecule has 0 spiro atoms. The van der Waals surface area contributed by atoms with Crippen LogP contribution in [0.2, 0.25) is 0 Å². The Balaban J connectivity index is 1.70. The summed E-state index contributed by atoms with van der Waals surface area (Å²) in [6.45, 7) is 2.27. The highest BCUT2D eigenvalue weighted by molar-refractivity contribution is 7.11. The molecule has 2 nitrogen and oxygen atoms in total. The van der Waals surface area contributed by atoms with E-state index in [1.54, 1.807) is 4.88 Å². The molecular weight excluding hydrogens is 228 g/mol. The van der Waals surface area contributed by atoms with Crippen LogP contribution in [-0.4, -0.2) is 11.0 Å². The van der Waals surface area contributed by atoms with Crippen molar-refractivity contribution < 1.29 is 0 Å². The molecule has 3 rings (SSSR count). The van der Waals surface area contributed by atoms with Gasteiger partial charge in [-0.15, -0.1) is 11.3 Å². The van der Waals surface area contributed by atoms with Crippen LogP contribution in [0.15, 0.2) is 0 Å². The Kier molecular flexibility index (Phi) is 3.48. The lowest BCUT2D eigenvalue weighted by Gasteiger charge is -2.15. The molecule has 1 atom stereocenters. The number of nitrogens with zero attached hydrogens (tertiary/aromatic N) is 1. The van der Waals surface area contributed by atoms with E-state index in [4.69, 9.17) is 4.98 Å². The molecule has 2 aliphatic carbocycles. The fraction of sp³-hybridized carbons (Fsp3) is 0.786. The van der Waals surface area contributed by atoms with Crippen LogP contribution in [0.3, 0.4) is 0 Å². The average Bonchev–Trinajstić information content (AvgIpc) is 2.87. The molecule has 17 heavy (non-hydrogen) atoms. The quantitative estimate of drug-likeness (QED) is 0.834. The van der Waals surface area contributed by atoms with Gasteiger partial charge in [-0.1, -0.05) is 19.8 Å². The van der Waals surface area contributed by atoms with Gasteiger partial charge in [0.1, 0.15) is 5.01 Å². The molecule has 0 saturated heterocycles. The van der Waals surface area contributed by atoms with Crippen molar-refractivity contribution in [3.63, 3.8) is 0 Å². The molecule has 1 N–H and O–H groups in total. The van der Waals surface area contributed by atoms with Crippen LogP contribution < -0.4 is 5.32 Å². The summed E-state index contributed by atoms with van der Waals surface area (Å²) in [7, 11) is 0. The Morgan fingerprint density at radius 1 is 1.41 bits per heavy atom. The lowest BCUT2D eigenvalue weighted by molar-refractivity contribution is 0.476. The van der Waals surface area contributed by atoms with E-state index in [0.717, 1.165) is 6.04 Å². The van der Waals surface area contributed by atoms with Gasteiger partial charge in [-0.25, -0.2) is 4.98 Å². The van der Waals surface area contributed by atoms with Gasteiger partial charge >= 0.3 is 0 Å². The summed E-state index contributed by atoms with van der Waals surface area (Å²) in [5, 5.41) is 5.15. The minimum absolute atomic E-state index is 0.540. The number of hydrogen-bond acceptors (Lipinski definition) is 3.